The Morgan fingerprint density at radius 2 is 1.64 bits per heavy atom. The number of aliphatic hydroxyl groups excluding tert-OH is 3. The Hall–Kier alpha value is -3.03. The highest BCUT2D eigenvalue weighted by atomic mass is 19.2. The molecule has 4 N–H and O–H groups in total. The lowest BCUT2D eigenvalue weighted by Gasteiger charge is -2.41. The van der Waals surface area contributed by atoms with E-state index in [1.165, 1.54) is 12.1 Å². The van der Waals surface area contributed by atoms with Gasteiger partial charge in [-0.2, -0.15) is 8.78 Å². The van der Waals surface area contributed by atoms with Crippen LogP contribution in [-0.2, 0) is 26.3 Å². The van der Waals surface area contributed by atoms with Gasteiger partial charge in [0.15, 0.2) is 28.8 Å². The van der Waals surface area contributed by atoms with Crippen molar-refractivity contribution in [2.45, 2.75) is 68.9 Å². The van der Waals surface area contributed by atoms with Gasteiger partial charge >= 0.3 is 0 Å². The van der Waals surface area contributed by atoms with E-state index in [1.807, 2.05) is 13.8 Å². The van der Waals surface area contributed by atoms with Gasteiger partial charge in [-0.3, -0.25) is 4.79 Å². The lowest BCUT2D eigenvalue weighted by Crippen LogP contribution is -2.55. The molecule has 0 spiro atoms. The van der Waals surface area contributed by atoms with Gasteiger partial charge in [-0.25, -0.2) is 8.78 Å². The second-order valence-corrected chi connectivity index (χ2v) is 10.5. The molecule has 39 heavy (non-hydrogen) atoms. The summed E-state index contributed by atoms with van der Waals surface area (Å²) in [6, 6.07) is 6.04. The number of Topliss-reactive ketones (excluding diaryl/α,β-unsaturated/α-hetero) is 1. The Kier molecular flexibility index (Phi) is 6.75. The average Bonchev–Trinajstić information content (AvgIpc) is 2.90. The zero-order valence-electron chi connectivity index (χ0n) is 20.9. The van der Waals surface area contributed by atoms with Crippen molar-refractivity contribution in [2.24, 2.45) is 0 Å². The van der Waals surface area contributed by atoms with E-state index in [2.05, 4.69) is 0 Å². The molecule has 8 nitrogen and oxygen atoms in total. The Bertz CT molecular complexity index is 1350. The van der Waals surface area contributed by atoms with Crippen molar-refractivity contribution < 1.29 is 57.0 Å². The molecule has 0 amide bonds. The number of carbonyl (C=O) groups excluding carboxylic acids is 1. The third-order valence-corrected chi connectivity index (χ3v) is 7.33. The topological polar surface area (TPSA) is 126 Å². The summed E-state index contributed by atoms with van der Waals surface area (Å²) in [5, 5.41) is 40.8. The summed E-state index contributed by atoms with van der Waals surface area (Å²) < 4.78 is 76.3. The Morgan fingerprint density at radius 1 is 1.00 bits per heavy atom. The fraction of sp³-hybridized carbons (Fsp3) is 0.444. The van der Waals surface area contributed by atoms with E-state index in [9.17, 15) is 25.2 Å². The molecule has 1 aliphatic carbocycles. The van der Waals surface area contributed by atoms with Crippen LogP contribution in [0, 0.1) is 23.3 Å². The molecular formula is C27H26F4O8. The summed E-state index contributed by atoms with van der Waals surface area (Å²) in [4.78, 5) is 13.5. The lowest BCUT2D eigenvalue weighted by molar-refractivity contribution is -0.243. The molecule has 2 aromatic rings. The van der Waals surface area contributed by atoms with Crippen LogP contribution in [0.25, 0.3) is 5.76 Å². The van der Waals surface area contributed by atoms with Crippen molar-refractivity contribution in [3.05, 3.63) is 69.8 Å². The van der Waals surface area contributed by atoms with Gasteiger partial charge in [-0.15, -0.1) is 0 Å². The first-order valence-corrected chi connectivity index (χ1v) is 12.2. The van der Waals surface area contributed by atoms with Gasteiger partial charge < -0.3 is 34.6 Å². The average molecular weight is 554 g/mol. The smallest absolute Gasteiger partial charge is 0.229 e. The predicted molar refractivity (Wildman–Crippen MR) is 125 cm³/mol. The Balaban J connectivity index is 1.54. The van der Waals surface area contributed by atoms with Crippen molar-refractivity contribution in [3.63, 3.8) is 0 Å². The minimum atomic E-state index is -2.58. The van der Waals surface area contributed by atoms with Crippen molar-refractivity contribution >= 4 is 11.5 Å². The molecule has 3 aliphatic rings. The SMILES string of the molecule is CC1(C)CCC2=C(O1)c1ccccc1C(O)(Cc1c(F)c(F)c(O[C@@H]3OC[C@H](O)[C@H](O)[C@H]3O)c(F)c1F)C2=O. The van der Waals surface area contributed by atoms with Crippen molar-refractivity contribution in [1.82, 2.24) is 0 Å². The number of halogens is 4. The monoisotopic (exact) mass is 554 g/mol. The molecule has 0 saturated carbocycles. The van der Waals surface area contributed by atoms with Crippen LogP contribution < -0.4 is 4.74 Å². The fourth-order valence-electron chi connectivity index (χ4n) is 5.12. The minimum absolute atomic E-state index is 0.0438. The molecule has 12 heteroatoms. The maximum absolute atomic E-state index is 15.2. The summed E-state index contributed by atoms with van der Waals surface area (Å²) in [6.45, 7) is 3.05. The first-order chi connectivity index (χ1) is 18.3. The molecule has 0 aromatic heterocycles. The van der Waals surface area contributed by atoms with Crippen LogP contribution in [-0.4, -0.2) is 63.0 Å². The van der Waals surface area contributed by atoms with E-state index in [1.54, 1.807) is 12.1 Å². The first kappa shape index (κ1) is 27.5. The van der Waals surface area contributed by atoms with E-state index >= 15 is 17.6 Å². The zero-order valence-corrected chi connectivity index (χ0v) is 20.9. The van der Waals surface area contributed by atoms with Crippen LogP contribution >= 0.6 is 0 Å². The summed E-state index contributed by atoms with van der Waals surface area (Å²) in [5.41, 5.74) is -4.07. The third kappa shape index (κ3) is 4.40. The van der Waals surface area contributed by atoms with Gasteiger partial charge in [0.2, 0.25) is 17.9 Å². The molecule has 0 radical (unpaired) electrons. The molecule has 210 valence electrons. The van der Waals surface area contributed by atoms with E-state index in [0.29, 0.717) is 12.0 Å². The van der Waals surface area contributed by atoms with Gasteiger partial charge in [0.1, 0.15) is 29.7 Å². The number of ether oxygens (including phenoxy) is 3. The fourth-order valence-corrected chi connectivity index (χ4v) is 5.12. The van der Waals surface area contributed by atoms with Crippen LogP contribution in [0.2, 0.25) is 0 Å². The first-order valence-electron chi connectivity index (χ1n) is 12.2. The van der Waals surface area contributed by atoms with Crippen molar-refractivity contribution in [2.75, 3.05) is 6.61 Å². The van der Waals surface area contributed by atoms with Gasteiger partial charge in [-0.05, 0) is 26.7 Å². The van der Waals surface area contributed by atoms with Crippen LogP contribution in [0.1, 0.15) is 43.4 Å². The standard InChI is InChI=1S/C27H26F4O8/c1-26(2)8-7-12-22(39-26)11-5-3-4-6-14(11)27(36,24(12)35)9-13-16(28)18(30)23(19(31)17(13)29)38-25-21(34)20(33)15(32)10-37-25/h3-6,15,20-21,25,32-34,36H,7-10H2,1-2H3/t15-,20-,21+,25-,27?/m0/s1. The van der Waals surface area contributed by atoms with E-state index in [-0.39, 0.29) is 23.3 Å². The highest BCUT2D eigenvalue weighted by Crippen LogP contribution is 2.48. The van der Waals surface area contributed by atoms with E-state index in [4.69, 9.17) is 14.2 Å². The van der Waals surface area contributed by atoms with Crippen molar-refractivity contribution in [3.8, 4) is 5.75 Å². The third-order valence-electron chi connectivity index (χ3n) is 7.33. The normalized spacial score (nSPS) is 29.9. The maximum Gasteiger partial charge on any atom is 0.229 e. The lowest BCUT2D eigenvalue weighted by atomic mass is 9.71. The van der Waals surface area contributed by atoms with Gasteiger partial charge in [-0.1, -0.05) is 24.3 Å². The number of carbonyl (C=O) groups is 1. The van der Waals surface area contributed by atoms with E-state index < -0.39 is 89.2 Å². The zero-order chi connectivity index (χ0) is 28.4. The summed E-state index contributed by atoms with van der Waals surface area (Å²) in [6.07, 6.45) is -7.85. The molecule has 5 atom stereocenters. The summed E-state index contributed by atoms with van der Waals surface area (Å²) in [7, 11) is 0. The highest BCUT2D eigenvalue weighted by molar-refractivity contribution is 6.10. The molecule has 5 rings (SSSR count). The molecule has 2 heterocycles. The number of fused-ring (bicyclic) bond motifs is 2. The molecule has 0 bridgehead atoms. The van der Waals surface area contributed by atoms with Gasteiger partial charge in [0.25, 0.3) is 0 Å². The number of rotatable bonds is 4. The molecule has 1 unspecified atom stereocenters. The number of hydrogen-bond donors (Lipinski definition) is 4. The molecule has 1 saturated heterocycles. The van der Waals surface area contributed by atoms with Gasteiger partial charge in [0.05, 0.1) is 6.61 Å². The summed E-state index contributed by atoms with van der Waals surface area (Å²) in [5.74, 6) is -10.2. The largest absolute Gasteiger partial charge is 0.487 e. The second-order valence-electron chi connectivity index (χ2n) is 10.5. The van der Waals surface area contributed by atoms with Gasteiger partial charge in [0, 0.05) is 28.7 Å². The minimum Gasteiger partial charge on any atom is -0.487 e. The number of ketones is 1. The Morgan fingerprint density at radius 3 is 2.31 bits per heavy atom. The van der Waals surface area contributed by atoms with Crippen LogP contribution in [0.15, 0.2) is 29.8 Å². The van der Waals surface area contributed by atoms with Crippen LogP contribution in [0.3, 0.4) is 0 Å². The molecule has 2 aliphatic heterocycles. The van der Waals surface area contributed by atoms with Crippen LogP contribution in [0.4, 0.5) is 17.6 Å². The second kappa shape index (κ2) is 9.56. The number of hydrogen-bond acceptors (Lipinski definition) is 8. The van der Waals surface area contributed by atoms with Crippen LogP contribution in [0.5, 0.6) is 5.75 Å². The van der Waals surface area contributed by atoms with Crippen molar-refractivity contribution in [1.29, 1.82) is 0 Å². The summed E-state index contributed by atoms with van der Waals surface area (Å²) >= 11 is 0. The number of benzene rings is 2. The molecular weight excluding hydrogens is 528 g/mol. The molecule has 2 aromatic carbocycles. The maximum atomic E-state index is 15.2. The highest BCUT2D eigenvalue weighted by Gasteiger charge is 2.50. The quantitative estimate of drug-likeness (QED) is 0.336. The van der Waals surface area contributed by atoms with E-state index in [0.717, 1.165) is 0 Å². The predicted octanol–water partition coefficient (Wildman–Crippen LogP) is 2.37. The number of aliphatic hydroxyl groups is 4. The Labute approximate surface area is 220 Å². The molecule has 1 fully saturated rings.